The van der Waals surface area contributed by atoms with E-state index in [1.807, 2.05) is 5.38 Å². The van der Waals surface area contributed by atoms with Crippen LogP contribution in [0.4, 0.5) is 4.39 Å². The minimum atomic E-state index is -0.272. The highest BCUT2D eigenvalue weighted by atomic mass is 32.1. The Labute approximate surface area is 78.6 Å². The molecule has 1 aromatic heterocycles. The Morgan fingerprint density at radius 3 is 2.62 bits per heavy atom. The molecule has 13 heavy (non-hydrogen) atoms. The van der Waals surface area contributed by atoms with Crippen molar-refractivity contribution >= 4 is 11.3 Å². The Kier molecular flexibility index (Phi) is 2.23. The van der Waals surface area contributed by atoms with E-state index in [1.165, 1.54) is 23.5 Å². The number of thiazole rings is 1. The van der Waals surface area contributed by atoms with Crippen LogP contribution in [-0.2, 0) is 0 Å². The molecule has 2 rings (SSSR count). The van der Waals surface area contributed by atoms with Gasteiger partial charge in [0.15, 0.2) is 0 Å². The summed E-state index contributed by atoms with van der Waals surface area (Å²) in [5.41, 5.74) is 0. The molecule has 1 aromatic carbocycles. The lowest BCUT2D eigenvalue weighted by Gasteiger charge is -1.99. The van der Waals surface area contributed by atoms with Gasteiger partial charge in [-0.1, -0.05) is 11.3 Å². The molecule has 0 aliphatic carbocycles. The molecule has 1 heterocycles. The standard InChI is InChI=1S/C9H6FNOS/c10-7-1-3-8(4-2-7)12-9-11-5-6-13-9/h1-6H. The topological polar surface area (TPSA) is 22.1 Å². The van der Waals surface area contributed by atoms with Crippen LogP contribution in [-0.4, -0.2) is 4.98 Å². The van der Waals surface area contributed by atoms with Crippen molar-refractivity contribution in [3.63, 3.8) is 0 Å². The summed E-state index contributed by atoms with van der Waals surface area (Å²) in [5.74, 6) is 0.322. The molecule has 2 nitrogen and oxygen atoms in total. The zero-order chi connectivity index (χ0) is 9.10. The van der Waals surface area contributed by atoms with Crippen LogP contribution in [0, 0.1) is 5.82 Å². The van der Waals surface area contributed by atoms with Crippen LogP contribution in [0.1, 0.15) is 0 Å². The van der Waals surface area contributed by atoms with Gasteiger partial charge in [-0.25, -0.2) is 9.37 Å². The highest BCUT2D eigenvalue weighted by Gasteiger charge is 1.98. The summed E-state index contributed by atoms with van der Waals surface area (Å²) in [6, 6.07) is 5.83. The summed E-state index contributed by atoms with van der Waals surface area (Å²) in [7, 11) is 0. The van der Waals surface area contributed by atoms with Crippen molar-refractivity contribution in [1.29, 1.82) is 0 Å². The minimum absolute atomic E-state index is 0.272. The first kappa shape index (κ1) is 8.19. The van der Waals surface area contributed by atoms with Gasteiger partial charge < -0.3 is 4.74 Å². The van der Waals surface area contributed by atoms with Crippen LogP contribution < -0.4 is 4.74 Å². The lowest BCUT2D eigenvalue weighted by Crippen LogP contribution is -1.82. The molecular formula is C9H6FNOS. The van der Waals surface area contributed by atoms with Gasteiger partial charge in [-0.2, -0.15) is 0 Å². The third kappa shape index (κ3) is 2.03. The van der Waals surface area contributed by atoms with E-state index in [2.05, 4.69) is 4.98 Å². The summed E-state index contributed by atoms with van der Waals surface area (Å²) < 4.78 is 17.8. The molecule has 0 radical (unpaired) electrons. The predicted molar refractivity (Wildman–Crippen MR) is 48.6 cm³/mol. The van der Waals surface area contributed by atoms with Gasteiger partial charge in [0.2, 0.25) is 0 Å². The van der Waals surface area contributed by atoms with Gasteiger partial charge in [0.1, 0.15) is 11.6 Å². The fourth-order valence-electron chi connectivity index (χ4n) is 0.864. The van der Waals surface area contributed by atoms with Gasteiger partial charge in [0.05, 0.1) is 0 Å². The van der Waals surface area contributed by atoms with E-state index in [1.54, 1.807) is 18.3 Å². The molecule has 0 unspecified atom stereocenters. The van der Waals surface area contributed by atoms with E-state index in [0.29, 0.717) is 10.9 Å². The van der Waals surface area contributed by atoms with Crippen molar-refractivity contribution in [3.05, 3.63) is 41.7 Å². The molecular weight excluding hydrogens is 189 g/mol. The molecule has 0 aliphatic rings. The number of hydrogen-bond acceptors (Lipinski definition) is 3. The largest absolute Gasteiger partial charge is 0.431 e. The molecule has 0 aliphatic heterocycles. The number of hydrogen-bond donors (Lipinski definition) is 0. The first-order chi connectivity index (χ1) is 6.34. The van der Waals surface area contributed by atoms with Crippen molar-refractivity contribution in [3.8, 4) is 10.9 Å². The van der Waals surface area contributed by atoms with Crippen LogP contribution in [0.3, 0.4) is 0 Å². The smallest absolute Gasteiger partial charge is 0.278 e. The molecule has 0 saturated heterocycles. The van der Waals surface area contributed by atoms with Gasteiger partial charge in [-0.15, -0.1) is 0 Å². The average Bonchev–Trinajstić information content (AvgIpc) is 2.62. The first-order valence-corrected chi connectivity index (χ1v) is 4.55. The van der Waals surface area contributed by atoms with Crippen LogP contribution in [0.2, 0.25) is 0 Å². The number of ether oxygens (including phenoxy) is 1. The average molecular weight is 195 g/mol. The van der Waals surface area contributed by atoms with Gasteiger partial charge in [0.25, 0.3) is 5.19 Å². The van der Waals surface area contributed by atoms with Crippen LogP contribution >= 0.6 is 11.3 Å². The number of rotatable bonds is 2. The van der Waals surface area contributed by atoms with Crippen LogP contribution in [0.5, 0.6) is 10.9 Å². The number of nitrogens with zero attached hydrogens (tertiary/aromatic N) is 1. The number of aromatic nitrogens is 1. The van der Waals surface area contributed by atoms with E-state index in [-0.39, 0.29) is 5.82 Å². The maximum atomic E-state index is 12.5. The predicted octanol–water partition coefficient (Wildman–Crippen LogP) is 3.07. The lowest BCUT2D eigenvalue weighted by molar-refractivity contribution is 0.477. The molecule has 0 amide bonds. The third-order valence-corrected chi connectivity index (χ3v) is 2.08. The Bertz CT molecular complexity index is 371. The zero-order valence-electron chi connectivity index (χ0n) is 6.61. The Hall–Kier alpha value is -1.42. The molecule has 2 aromatic rings. The van der Waals surface area contributed by atoms with Gasteiger partial charge >= 0.3 is 0 Å². The second-order valence-electron chi connectivity index (χ2n) is 2.35. The summed E-state index contributed by atoms with van der Waals surface area (Å²) >= 11 is 1.39. The summed E-state index contributed by atoms with van der Waals surface area (Å²) in [6.45, 7) is 0. The second-order valence-corrected chi connectivity index (χ2v) is 3.21. The number of halogens is 1. The maximum absolute atomic E-state index is 12.5. The monoisotopic (exact) mass is 195 g/mol. The van der Waals surface area contributed by atoms with E-state index < -0.39 is 0 Å². The van der Waals surface area contributed by atoms with E-state index >= 15 is 0 Å². The molecule has 0 fully saturated rings. The van der Waals surface area contributed by atoms with Gasteiger partial charge in [0, 0.05) is 11.6 Å². The molecule has 0 N–H and O–H groups in total. The highest BCUT2D eigenvalue weighted by molar-refractivity contribution is 7.11. The Morgan fingerprint density at radius 1 is 1.23 bits per heavy atom. The molecule has 0 bridgehead atoms. The maximum Gasteiger partial charge on any atom is 0.278 e. The van der Waals surface area contributed by atoms with E-state index in [4.69, 9.17) is 4.74 Å². The van der Waals surface area contributed by atoms with Crippen LogP contribution in [0.15, 0.2) is 35.8 Å². The lowest BCUT2D eigenvalue weighted by atomic mass is 10.3. The molecule has 0 atom stereocenters. The third-order valence-electron chi connectivity index (χ3n) is 1.43. The van der Waals surface area contributed by atoms with Crippen molar-refractivity contribution in [2.75, 3.05) is 0 Å². The minimum Gasteiger partial charge on any atom is -0.431 e. The van der Waals surface area contributed by atoms with Crippen molar-refractivity contribution in [2.24, 2.45) is 0 Å². The highest BCUT2D eigenvalue weighted by Crippen LogP contribution is 2.22. The van der Waals surface area contributed by atoms with Crippen LogP contribution in [0.25, 0.3) is 0 Å². The quantitative estimate of drug-likeness (QED) is 0.734. The molecule has 66 valence electrons. The normalized spacial score (nSPS) is 9.92. The molecule has 0 saturated carbocycles. The first-order valence-electron chi connectivity index (χ1n) is 3.67. The fraction of sp³-hybridized carbons (Fsp3) is 0. The van der Waals surface area contributed by atoms with Gasteiger partial charge in [-0.3, -0.25) is 0 Å². The summed E-state index contributed by atoms with van der Waals surface area (Å²) in [4.78, 5) is 3.94. The Morgan fingerprint density at radius 2 is 2.00 bits per heavy atom. The zero-order valence-corrected chi connectivity index (χ0v) is 7.42. The Balaban J connectivity index is 2.15. The van der Waals surface area contributed by atoms with E-state index in [9.17, 15) is 4.39 Å². The summed E-state index contributed by atoms with van der Waals surface area (Å²) in [6.07, 6.45) is 1.66. The summed E-state index contributed by atoms with van der Waals surface area (Å²) in [5, 5.41) is 2.38. The fourth-order valence-corrected chi connectivity index (χ4v) is 1.37. The molecule has 0 spiro atoms. The second kappa shape index (κ2) is 3.53. The SMILES string of the molecule is Fc1ccc(Oc2nccs2)cc1. The number of benzene rings is 1. The molecule has 4 heteroatoms. The van der Waals surface area contributed by atoms with Crippen molar-refractivity contribution in [2.45, 2.75) is 0 Å². The van der Waals surface area contributed by atoms with Crippen molar-refractivity contribution < 1.29 is 9.13 Å². The van der Waals surface area contributed by atoms with Gasteiger partial charge in [-0.05, 0) is 24.3 Å². The van der Waals surface area contributed by atoms with Crippen molar-refractivity contribution in [1.82, 2.24) is 4.98 Å². The van der Waals surface area contributed by atoms with E-state index in [0.717, 1.165) is 0 Å².